The van der Waals surface area contributed by atoms with Gasteiger partial charge in [0, 0.05) is 5.69 Å². The van der Waals surface area contributed by atoms with Crippen molar-refractivity contribution in [1.82, 2.24) is 5.32 Å². The van der Waals surface area contributed by atoms with Gasteiger partial charge in [0.25, 0.3) is 0 Å². The van der Waals surface area contributed by atoms with Gasteiger partial charge in [-0.05, 0) is 56.1 Å². The lowest BCUT2D eigenvalue weighted by Gasteiger charge is -2.29. The molecule has 0 saturated heterocycles. The normalized spacial score (nSPS) is 10.7. The summed E-state index contributed by atoms with van der Waals surface area (Å²) in [6, 6.07) is 6.24. The van der Waals surface area contributed by atoms with Crippen LogP contribution in [0.25, 0.3) is 0 Å². The number of aryl methyl sites for hydroxylation is 2. The van der Waals surface area contributed by atoms with Crippen LogP contribution in [0.5, 0.6) is 0 Å². The molecule has 0 aliphatic rings. The summed E-state index contributed by atoms with van der Waals surface area (Å²) in [4.78, 5) is 0. The van der Waals surface area contributed by atoms with Crippen LogP contribution in [0.3, 0.4) is 0 Å². The summed E-state index contributed by atoms with van der Waals surface area (Å²) in [5.41, 5.74) is 3.02. The quantitative estimate of drug-likeness (QED) is 0.645. The number of terminal acetylenes is 1. The molecular weight excluding hydrogens is 252 g/mol. The highest BCUT2D eigenvalue weighted by molar-refractivity contribution is 7.80. The fourth-order valence-electron chi connectivity index (χ4n) is 1.91. The van der Waals surface area contributed by atoms with Gasteiger partial charge in [-0.1, -0.05) is 31.9 Å². The molecule has 0 spiro atoms. The average molecular weight is 274 g/mol. The van der Waals surface area contributed by atoms with E-state index in [0.717, 1.165) is 24.1 Å². The highest BCUT2D eigenvalue weighted by Gasteiger charge is 2.23. The van der Waals surface area contributed by atoms with Crippen molar-refractivity contribution >= 4 is 23.0 Å². The van der Waals surface area contributed by atoms with Crippen LogP contribution >= 0.6 is 12.2 Å². The zero-order chi connectivity index (χ0) is 14.5. The van der Waals surface area contributed by atoms with Crippen LogP contribution in [0.15, 0.2) is 18.2 Å². The van der Waals surface area contributed by atoms with Crippen molar-refractivity contribution in [2.24, 2.45) is 0 Å². The zero-order valence-electron chi connectivity index (χ0n) is 12.1. The van der Waals surface area contributed by atoms with Gasteiger partial charge < -0.3 is 10.6 Å². The summed E-state index contributed by atoms with van der Waals surface area (Å²) in [5.74, 6) is 2.82. The fraction of sp³-hybridized carbons (Fsp3) is 0.438. The number of hydrogen-bond donors (Lipinski definition) is 2. The number of rotatable bonds is 4. The molecule has 2 nitrogen and oxygen atoms in total. The summed E-state index contributed by atoms with van der Waals surface area (Å²) in [6.45, 7) is 8.25. The van der Waals surface area contributed by atoms with E-state index in [4.69, 9.17) is 18.6 Å². The van der Waals surface area contributed by atoms with Gasteiger partial charge in [-0.2, -0.15) is 0 Å². The summed E-state index contributed by atoms with van der Waals surface area (Å²) in [5, 5.41) is 7.07. The van der Waals surface area contributed by atoms with Crippen LogP contribution in [0.2, 0.25) is 0 Å². The summed E-state index contributed by atoms with van der Waals surface area (Å²) < 4.78 is 0. The fourth-order valence-corrected chi connectivity index (χ4v) is 2.21. The Balaban J connectivity index is 2.81. The summed E-state index contributed by atoms with van der Waals surface area (Å²) in [7, 11) is 0. The molecule has 0 aliphatic heterocycles. The third-order valence-electron chi connectivity index (χ3n) is 3.48. The van der Waals surface area contributed by atoms with E-state index in [9.17, 15) is 0 Å². The molecule has 0 saturated carbocycles. The van der Waals surface area contributed by atoms with E-state index >= 15 is 0 Å². The largest absolute Gasteiger partial charge is 0.346 e. The molecule has 102 valence electrons. The topological polar surface area (TPSA) is 24.1 Å². The minimum absolute atomic E-state index is 0.359. The van der Waals surface area contributed by atoms with Crippen molar-refractivity contribution in [3.8, 4) is 12.3 Å². The van der Waals surface area contributed by atoms with Gasteiger partial charge in [0.2, 0.25) is 0 Å². The predicted molar refractivity (Wildman–Crippen MR) is 87.4 cm³/mol. The molecule has 0 aliphatic carbocycles. The first-order valence-electron chi connectivity index (χ1n) is 6.60. The molecule has 0 radical (unpaired) electrons. The molecule has 0 unspecified atom stereocenters. The van der Waals surface area contributed by atoms with Crippen LogP contribution in [-0.4, -0.2) is 10.7 Å². The third-order valence-corrected chi connectivity index (χ3v) is 3.68. The molecule has 0 atom stereocenters. The van der Waals surface area contributed by atoms with Gasteiger partial charge in [-0.15, -0.1) is 6.42 Å². The van der Waals surface area contributed by atoms with E-state index in [1.54, 1.807) is 0 Å². The van der Waals surface area contributed by atoms with Crippen molar-refractivity contribution in [1.29, 1.82) is 0 Å². The van der Waals surface area contributed by atoms with E-state index in [-0.39, 0.29) is 5.54 Å². The third kappa shape index (κ3) is 3.97. The molecule has 1 aromatic carbocycles. The lowest BCUT2D eigenvalue weighted by molar-refractivity contribution is 0.461. The molecule has 0 bridgehead atoms. The first kappa shape index (κ1) is 15.5. The highest BCUT2D eigenvalue weighted by atomic mass is 32.1. The van der Waals surface area contributed by atoms with Gasteiger partial charge in [0.1, 0.15) is 0 Å². The first-order valence-corrected chi connectivity index (χ1v) is 7.01. The summed E-state index contributed by atoms with van der Waals surface area (Å²) in [6.07, 6.45) is 7.31. The van der Waals surface area contributed by atoms with Crippen molar-refractivity contribution in [3.05, 3.63) is 29.3 Å². The highest BCUT2D eigenvalue weighted by Crippen LogP contribution is 2.18. The first-order chi connectivity index (χ1) is 8.96. The van der Waals surface area contributed by atoms with Crippen LogP contribution in [0, 0.1) is 26.2 Å². The van der Waals surface area contributed by atoms with Crippen molar-refractivity contribution < 1.29 is 0 Å². The SMILES string of the molecule is C#CC(CC)(CC)NC(=S)Nc1cc(C)ccc1C. The molecule has 0 amide bonds. The van der Waals surface area contributed by atoms with Gasteiger partial charge in [-0.25, -0.2) is 0 Å². The number of hydrogen-bond acceptors (Lipinski definition) is 1. The Kier molecular flexibility index (Phi) is 5.38. The van der Waals surface area contributed by atoms with E-state index in [2.05, 4.69) is 62.4 Å². The standard InChI is InChI=1S/C16H22N2S/c1-6-16(7-2,8-3)18-15(19)17-14-11-12(4)9-10-13(14)5/h1,9-11H,7-8H2,2-5H3,(H2,17,18,19). The molecule has 19 heavy (non-hydrogen) atoms. The Hall–Kier alpha value is -1.53. The molecule has 1 rings (SSSR count). The lowest BCUT2D eigenvalue weighted by atomic mass is 9.94. The number of benzene rings is 1. The van der Waals surface area contributed by atoms with Crippen molar-refractivity contribution in [2.45, 2.75) is 46.1 Å². The maximum absolute atomic E-state index is 5.62. The van der Waals surface area contributed by atoms with Crippen molar-refractivity contribution in [3.63, 3.8) is 0 Å². The predicted octanol–water partition coefficient (Wildman–Crippen LogP) is 3.78. The van der Waals surface area contributed by atoms with Crippen LogP contribution in [0.1, 0.15) is 37.8 Å². The van der Waals surface area contributed by atoms with Crippen LogP contribution in [0.4, 0.5) is 5.69 Å². The Morgan fingerprint density at radius 3 is 2.47 bits per heavy atom. The molecule has 0 aromatic heterocycles. The van der Waals surface area contributed by atoms with E-state index in [1.165, 1.54) is 5.56 Å². The van der Waals surface area contributed by atoms with Gasteiger partial charge in [-0.3, -0.25) is 0 Å². The monoisotopic (exact) mass is 274 g/mol. The van der Waals surface area contributed by atoms with Crippen LogP contribution < -0.4 is 10.6 Å². The number of nitrogens with one attached hydrogen (secondary N) is 2. The minimum Gasteiger partial charge on any atom is -0.346 e. The van der Waals surface area contributed by atoms with E-state index < -0.39 is 0 Å². The maximum atomic E-state index is 5.62. The molecule has 0 fully saturated rings. The molecule has 2 N–H and O–H groups in total. The Morgan fingerprint density at radius 2 is 1.95 bits per heavy atom. The molecular formula is C16H22N2S. The average Bonchev–Trinajstić information content (AvgIpc) is 2.40. The zero-order valence-corrected chi connectivity index (χ0v) is 12.9. The van der Waals surface area contributed by atoms with E-state index in [0.29, 0.717) is 5.11 Å². The second-order valence-corrected chi connectivity index (χ2v) is 5.24. The van der Waals surface area contributed by atoms with Gasteiger partial charge in [0.05, 0.1) is 5.54 Å². The number of thiocarbonyl (C=S) groups is 1. The van der Waals surface area contributed by atoms with Crippen molar-refractivity contribution in [2.75, 3.05) is 5.32 Å². The Morgan fingerprint density at radius 1 is 1.32 bits per heavy atom. The van der Waals surface area contributed by atoms with E-state index in [1.807, 2.05) is 0 Å². The van der Waals surface area contributed by atoms with Crippen LogP contribution in [-0.2, 0) is 0 Å². The second-order valence-electron chi connectivity index (χ2n) is 4.83. The molecule has 1 aromatic rings. The maximum Gasteiger partial charge on any atom is 0.171 e. The second kappa shape index (κ2) is 6.58. The lowest BCUT2D eigenvalue weighted by Crippen LogP contribution is -2.48. The van der Waals surface area contributed by atoms with Gasteiger partial charge >= 0.3 is 0 Å². The smallest absolute Gasteiger partial charge is 0.171 e. The Bertz CT molecular complexity index is 496. The summed E-state index contributed by atoms with van der Waals surface area (Å²) >= 11 is 5.37. The van der Waals surface area contributed by atoms with Gasteiger partial charge in [0.15, 0.2) is 5.11 Å². The number of anilines is 1. The molecule has 3 heteroatoms. The molecule has 0 heterocycles. The minimum atomic E-state index is -0.359. The Labute approximate surface area is 122 Å².